The summed E-state index contributed by atoms with van der Waals surface area (Å²) in [7, 11) is 0. The molecule has 1 aromatic heterocycles. The van der Waals surface area contributed by atoms with Crippen molar-refractivity contribution < 1.29 is 19.7 Å². The summed E-state index contributed by atoms with van der Waals surface area (Å²) in [6, 6.07) is 0.706. The zero-order valence-electron chi connectivity index (χ0n) is 8.19. The van der Waals surface area contributed by atoms with Gasteiger partial charge in [0, 0.05) is 0 Å². The van der Waals surface area contributed by atoms with E-state index in [9.17, 15) is 25.0 Å². The summed E-state index contributed by atoms with van der Waals surface area (Å²) in [5.41, 5.74) is -1.20. The fourth-order valence-corrected chi connectivity index (χ4v) is 0.977. The van der Waals surface area contributed by atoms with Gasteiger partial charge in [0.1, 0.15) is 12.7 Å². The Labute approximate surface area is 93.2 Å². The number of carbonyl (C=O) groups is 1. The van der Waals surface area contributed by atoms with Crippen LogP contribution in [0.25, 0.3) is 0 Å². The number of nitrogens with one attached hydrogen (secondary N) is 1. The molecule has 1 rings (SSSR count). The molecule has 0 radical (unpaired) electrons. The quantitative estimate of drug-likeness (QED) is 0.556. The number of nitrogens with zero attached hydrogens (tertiary/aromatic N) is 3. The topological polar surface area (TPSA) is 149 Å². The highest BCUT2D eigenvalue weighted by molar-refractivity contribution is 5.74. The Hall–Kier alpha value is -2.78. The molecule has 90 valence electrons. The molecule has 0 bridgehead atoms. The zero-order valence-corrected chi connectivity index (χ0v) is 8.19. The largest absolute Gasteiger partial charge is 0.480 e. The molecule has 1 aromatic rings. The molecule has 0 amide bonds. The first-order chi connectivity index (χ1) is 7.91. The van der Waals surface area contributed by atoms with Crippen LogP contribution in [-0.2, 0) is 4.79 Å². The van der Waals surface area contributed by atoms with E-state index in [-0.39, 0.29) is 5.82 Å². The third-order valence-electron chi connectivity index (χ3n) is 1.67. The molecule has 0 aliphatic rings. The Bertz CT molecular complexity index is 487. The molecule has 0 aliphatic heterocycles. The molecule has 0 spiro atoms. The standard InChI is InChI=1S/C7H6N4O6/c12-6(13)3-9-7-5(11(16)17)1-4(2-8-7)10(14)15/h1-2H,3H2,(H,8,9)(H,12,13). The van der Waals surface area contributed by atoms with Crippen molar-refractivity contribution in [2.45, 2.75) is 0 Å². The van der Waals surface area contributed by atoms with Gasteiger partial charge in [-0.1, -0.05) is 0 Å². The normalized spacial score (nSPS) is 9.65. The molecule has 2 N–H and O–H groups in total. The lowest BCUT2D eigenvalue weighted by Gasteiger charge is -2.02. The summed E-state index contributed by atoms with van der Waals surface area (Å²) in [5, 5.41) is 31.5. The van der Waals surface area contributed by atoms with E-state index in [1.165, 1.54) is 0 Å². The molecular weight excluding hydrogens is 236 g/mol. The second-order valence-electron chi connectivity index (χ2n) is 2.82. The molecule has 0 atom stereocenters. The van der Waals surface area contributed by atoms with Crippen LogP contribution in [0.1, 0.15) is 0 Å². The van der Waals surface area contributed by atoms with Gasteiger partial charge in [0.25, 0.3) is 5.69 Å². The number of rotatable bonds is 5. The average Bonchev–Trinajstić information content (AvgIpc) is 2.25. The van der Waals surface area contributed by atoms with Gasteiger partial charge in [0.05, 0.1) is 15.9 Å². The summed E-state index contributed by atoms with van der Waals surface area (Å²) in [6.45, 7) is -0.578. The van der Waals surface area contributed by atoms with Crippen LogP contribution in [0, 0.1) is 20.2 Å². The van der Waals surface area contributed by atoms with E-state index in [0.29, 0.717) is 6.07 Å². The number of pyridine rings is 1. The van der Waals surface area contributed by atoms with Crippen LogP contribution >= 0.6 is 0 Å². The zero-order chi connectivity index (χ0) is 13.0. The fraction of sp³-hybridized carbons (Fsp3) is 0.143. The summed E-state index contributed by atoms with van der Waals surface area (Å²) >= 11 is 0. The third-order valence-corrected chi connectivity index (χ3v) is 1.67. The van der Waals surface area contributed by atoms with E-state index in [0.717, 1.165) is 6.20 Å². The van der Waals surface area contributed by atoms with Crippen LogP contribution < -0.4 is 5.32 Å². The molecule has 0 aromatic carbocycles. The molecular formula is C7H6N4O6. The maximum Gasteiger partial charge on any atom is 0.322 e. The lowest BCUT2D eigenvalue weighted by Crippen LogP contribution is -2.14. The minimum Gasteiger partial charge on any atom is -0.480 e. The lowest BCUT2D eigenvalue weighted by atomic mass is 10.3. The second kappa shape index (κ2) is 4.83. The third kappa shape index (κ3) is 3.09. The lowest BCUT2D eigenvalue weighted by molar-refractivity contribution is -0.394. The van der Waals surface area contributed by atoms with Gasteiger partial charge < -0.3 is 10.4 Å². The smallest absolute Gasteiger partial charge is 0.322 e. The molecule has 17 heavy (non-hydrogen) atoms. The van der Waals surface area contributed by atoms with Crippen LogP contribution in [0.3, 0.4) is 0 Å². The van der Waals surface area contributed by atoms with Gasteiger partial charge in [0.15, 0.2) is 0 Å². The monoisotopic (exact) mass is 242 g/mol. The van der Waals surface area contributed by atoms with Crippen molar-refractivity contribution in [2.24, 2.45) is 0 Å². The van der Waals surface area contributed by atoms with E-state index in [1.807, 2.05) is 0 Å². The average molecular weight is 242 g/mol. The molecule has 0 saturated heterocycles. The van der Waals surface area contributed by atoms with Gasteiger partial charge in [-0.25, -0.2) is 4.98 Å². The van der Waals surface area contributed by atoms with Crippen LogP contribution in [0.2, 0.25) is 0 Å². The molecule has 1 heterocycles. The first-order valence-electron chi connectivity index (χ1n) is 4.16. The van der Waals surface area contributed by atoms with Crippen molar-refractivity contribution >= 4 is 23.2 Å². The molecule has 0 saturated carbocycles. The number of hydrogen-bond donors (Lipinski definition) is 2. The Morgan fingerprint density at radius 2 is 2.06 bits per heavy atom. The second-order valence-corrected chi connectivity index (χ2v) is 2.82. The van der Waals surface area contributed by atoms with Crippen LogP contribution in [0.4, 0.5) is 17.2 Å². The van der Waals surface area contributed by atoms with E-state index in [4.69, 9.17) is 5.11 Å². The van der Waals surface area contributed by atoms with Crippen molar-refractivity contribution in [3.05, 3.63) is 32.5 Å². The molecule has 0 fully saturated rings. The Balaban J connectivity index is 3.08. The highest BCUT2D eigenvalue weighted by Gasteiger charge is 2.21. The van der Waals surface area contributed by atoms with Gasteiger partial charge >= 0.3 is 11.7 Å². The minimum atomic E-state index is -1.24. The highest BCUT2D eigenvalue weighted by atomic mass is 16.6. The van der Waals surface area contributed by atoms with Crippen molar-refractivity contribution in [1.82, 2.24) is 4.98 Å². The van der Waals surface area contributed by atoms with Gasteiger partial charge in [-0.3, -0.25) is 25.0 Å². The number of nitro groups is 2. The van der Waals surface area contributed by atoms with Crippen molar-refractivity contribution in [1.29, 1.82) is 0 Å². The molecule has 0 unspecified atom stereocenters. The number of carboxylic acid groups (broad SMARTS) is 1. The molecule has 10 nitrogen and oxygen atoms in total. The van der Waals surface area contributed by atoms with E-state index in [1.54, 1.807) is 0 Å². The number of aliphatic carboxylic acids is 1. The van der Waals surface area contributed by atoms with Crippen LogP contribution in [0.15, 0.2) is 12.3 Å². The predicted molar refractivity (Wildman–Crippen MR) is 53.7 cm³/mol. The Morgan fingerprint density at radius 1 is 1.41 bits per heavy atom. The number of hydrogen-bond acceptors (Lipinski definition) is 7. The Morgan fingerprint density at radius 3 is 2.53 bits per heavy atom. The minimum absolute atomic E-state index is 0.331. The maximum absolute atomic E-state index is 10.6. The van der Waals surface area contributed by atoms with Crippen molar-refractivity contribution in [3.63, 3.8) is 0 Å². The summed E-state index contributed by atoms with van der Waals surface area (Å²) in [4.78, 5) is 33.0. The number of carboxylic acids is 1. The summed E-state index contributed by atoms with van der Waals surface area (Å²) < 4.78 is 0. The van der Waals surface area contributed by atoms with Gasteiger partial charge in [0.2, 0.25) is 5.82 Å². The first kappa shape index (κ1) is 12.3. The summed E-state index contributed by atoms with van der Waals surface area (Å²) in [5.74, 6) is -1.57. The number of aromatic nitrogens is 1. The first-order valence-corrected chi connectivity index (χ1v) is 4.16. The fourth-order valence-electron chi connectivity index (χ4n) is 0.977. The van der Waals surface area contributed by atoms with Crippen LogP contribution in [-0.4, -0.2) is 32.5 Å². The van der Waals surface area contributed by atoms with Gasteiger partial charge in [-0.2, -0.15) is 0 Å². The SMILES string of the molecule is O=C(O)CNc1ncc([N+](=O)[O-])cc1[N+](=O)[O-]. The number of anilines is 1. The van der Waals surface area contributed by atoms with Crippen molar-refractivity contribution in [3.8, 4) is 0 Å². The van der Waals surface area contributed by atoms with E-state index in [2.05, 4.69) is 10.3 Å². The molecule has 10 heteroatoms. The van der Waals surface area contributed by atoms with Crippen LogP contribution in [0.5, 0.6) is 0 Å². The van der Waals surface area contributed by atoms with Crippen molar-refractivity contribution in [2.75, 3.05) is 11.9 Å². The predicted octanol–water partition coefficient (Wildman–Crippen LogP) is 0.394. The molecule has 0 aliphatic carbocycles. The maximum atomic E-state index is 10.6. The Kier molecular flexibility index (Phi) is 3.49. The van der Waals surface area contributed by atoms with Gasteiger partial charge in [-0.15, -0.1) is 0 Å². The van der Waals surface area contributed by atoms with E-state index < -0.39 is 33.7 Å². The van der Waals surface area contributed by atoms with Gasteiger partial charge in [-0.05, 0) is 0 Å². The van der Waals surface area contributed by atoms with E-state index >= 15 is 0 Å². The highest BCUT2D eigenvalue weighted by Crippen LogP contribution is 2.25. The summed E-state index contributed by atoms with van der Waals surface area (Å²) in [6.07, 6.45) is 0.803.